The SMILES string of the molecule is CCC=CSCC(C)N. The van der Waals surface area contributed by atoms with Gasteiger partial charge in [0.25, 0.3) is 0 Å². The van der Waals surface area contributed by atoms with Crippen molar-refractivity contribution in [1.29, 1.82) is 0 Å². The van der Waals surface area contributed by atoms with E-state index in [1.54, 1.807) is 11.8 Å². The molecule has 54 valence electrons. The zero-order chi connectivity index (χ0) is 7.11. The molecule has 0 amide bonds. The standard InChI is InChI=1S/C7H15NS/c1-3-4-5-9-6-7(2)8/h4-5,7H,3,6,8H2,1-2H3. The van der Waals surface area contributed by atoms with Gasteiger partial charge in [-0.2, -0.15) is 0 Å². The zero-order valence-electron chi connectivity index (χ0n) is 6.13. The molecule has 0 radical (unpaired) electrons. The second-order valence-corrected chi connectivity index (χ2v) is 3.03. The Hall–Kier alpha value is 0.0500. The van der Waals surface area contributed by atoms with Gasteiger partial charge < -0.3 is 5.73 Å². The smallest absolute Gasteiger partial charge is 0.0123 e. The number of allylic oxidation sites excluding steroid dienone is 1. The van der Waals surface area contributed by atoms with Gasteiger partial charge in [0.05, 0.1) is 0 Å². The summed E-state index contributed by atoms with van der Waals surface area (Å²) >= 11 is 1.78. The van der Waals surface area contributed by atoms with Crippen molar-refractivity contribution >= 4 is 11.8 Å². The largest absolute Gasteiger partial charge is 0.327 e. The summed E-state index contributed by atoms with van der Waals surface area (Å²) < 4.78 is 0. The van der Waals surface area contributed by atoms with Gasteiger partial charge in [-0.1, -0.05) is 13.0 Å². The van der Waals surface area contributed by atoms with Crippen LogP contribution in [0.25, 0.3) is 0 Å². The molecule has 2 N–H and O–H groups in total. The summed E-state index contributed by atoms with van der Waals surface area (Å²) in [4.78, 5) is 0. The molecule has 2 heteroatoms. The molecule has 0 aromatic carbocycles. The summed E-state index contributed by atoms with van der Waals surface area (Å²) in [6, 6.07) is 0.316. The van der Waals surface area contributed by atoms with Gasteiger partial charge in [0.2, 0.25) is 0 Å². The average Bonchev–Trinajstić information content (AvgIpc) is 1.80. The van der Waals surface area contributed by atoms with E-state index in [9.17, 15) is 0 Å². The van der Waals surface area contributed by atoms with E-state index >= 15 is 0 Å². The van der Waals surface area contributed by atoms with Gasteiger partial charge in [0, 0.05) is 11.8 Å². The Morgan fingerprint density at radius 1 is 1.67 bits per heavy atom. The molecular formula is C7H15NS. The van der Waals surface area contributed by atoms with Crippen LogP contribution in [0.4, 0.5) is 0 Å². The Labute approximate surface area is 61.7 Å². The highest BCUT2D eigenvalue weighted by Gasteiger charge is 1.88. The van der Waals surface area contributed by atoms with Crippen molar-refractivity contribution in [2.75, 3.05) is 5.75 Å². The molecule has 0 heterocycles. The first-order valence-corrected chi connectivity index (χ1v) is 4.34. The van der Waals surface area contributed by atoms with E-state index in [1.165, 1.54) is 0 Å². The highest BCUT2D eigenvalue weighted by atomic mass is 32.2. The van der Waals surface area contributed by atoms with Gasteiger partial charge in [-0.05, 0) is 18.8 Å². The third-order valence-electron chi connectivity index (χ3n) is 0.787. The Kier molecular flexibility index (Phi) is 6.21. The van der Waals surface area contributed by atoms with Crippen molar-refractivity contribution in [3.05, 3.63) is 11.5 Å². The molecule has 0 fully saturated rings. The van der Waals surface area contributed by atoms with Crippen LogP contribution in [-0.2, 0) is 0 Å². The van der Waals surface area contributed by atoms with Crippen LogP contribution in [0, 0.1) is 0 Å². The molecule has 0 bridgehead atoms. The molecule has 0 rings (SSSR count). The number of hydrogen-bond donors (Lipinski definition) is 1. The van der Waals surface area contributed by atoms with Crippen LogP contribution in [0.3, 0.4) is 0 Å². The maximum atomic E-state index is 5.52. The normalized spacial score (nSPS) is 14.6. The first-order valence-electron chi connectivity index (χ1n) is 3.29. The first-order chi connectivity index (χ1) is 4.27. The van der Waals surface area contributed by atoms with Crippen LogP contribution < -0.4 is 5.73 Å². The van der Waals surface area contributed by atoms with Crippen molar-refractivity contribution in [2.45, 2.75) is 26.3 Å². The molecular weight excluding hydrogens is 130 g/mol. The fraction of sp³-hybridized carbons (Fsp3) is 0.714. The Morgan fingerprint density at radius 3 is 2.78 bits per heavy atom. The van der Waals surface area contributed by atoms with Crippen LogP contribution in [0.1, 0.15) is 20.3 Å². The van der Waals surface area contributed by atoms with Gasteiger partial charge in [-0.3, -0.25) is 0 Å². The molecule has 1 unspecified atom stereocenters. The number of thioether (sulfide) groups is 1. The lowest BCUT2D eigenvalue weighted by atomic mass is 10.4. The van der Waals surface area contributed by atoms with Crippen LogP contribution in [0.15, 0.2) is 11.5 Å². The van der Waals surface area contributed by atoms with Crippen LogP contribution in [0.2, 0.25) is 0 Å². The lowest BCUT2D eigenvalue weighted by Gasteiger charge is -1.98. The predicted molar refractivity (Wildman–Crippen MR) is 45.5 cm³/mol. The predicted octanol–water partition coefficient (Wildman–Crippen LogP) is 1.99. The molecule has 0 spiro atoms. The minimum Gasteiger partial charge on any atom is -0.327 e. The van der Waals surface area contributed by atoms with E-state index in [0.717, 1.165) is 12.2 Å². The maximum Gasteiger partial charge on any atom is 0.0123 e. The van der Waals surface area contributed by atoms with Crippen molar-refractivity contribution in [3.63, 3.8) is 0 Å². The van der Waals surface area contributed by atoms with Crippen molar-refractivity contribution < 1.29 is 0 Å². The summed E-state index contributed by atoms with van der Waals surface area (Å²) in [6.07, 6.45) is 3.26. The van der Waals surface area contributed by atoms with Gasteiger partial charge in [-0.15, -0.1) is 11.8 Å². The van der Waals surface area contributed by atoms with E-state index in [2.05, 4.69) is 18.4 Å². The van der Waals surface area contributed by atoms with Crippen molar-refractivity contribution in [2.24, 2.45) is 5.73 Å². The molecule has 0 aliphatic rings. The van der Waals surface area contributed by atoms with Crippen LogP contribution >= 0.6 is 11.8 Å². The molecule has 0 aromatic rings. The van der Waals surface area contributed by atoms with Crippen molar-refractivity contribution in [1.82, 2.24) is 0 Å². The third-order valence-corrected chi connectivity index (χ3v) is 1.89. The molecule has 0 aromatic heterocycles. The van der Waals surface area contributed by atoms with E-state index in [1.807, 2.05) is 6.92 Å². The number of rotatable bonds is 4. The number of hydrogen-bond acceptors (Lipinski definition) is 2. The van der Waals surface area contributed by atoms with E-state index in [0.29, 0.717) is 6.04 Å². The lowest BCUT2D eigenvalue weighted by molar-refractivity contribution is 0.849. The van der Waals surface area contributed by atoms with E-state index < -0.39 is 0 Å². The van der Waals surface area contributed by atoms with Crippen molar-refractivity contribution in [3.8, 4) is 0 Å². The molecule has 9 heavy (non-hydrogen) atoms. The molecule has 0 saturated carbocycles. The average molecular weight is 145 g/mol. The summed E-state index contributed by atoms with van der Waals surface area (Å²) in [6.45, 7) is 4.15. The minimum atomic E-state index is 0.316. The maximum absolute atomic E-state index is 5.52. The summed E-state index contributed by atoms with van der Waals surface area (Å²) in [5, 5.41) is 2.11. The fourth-order valence-corrected chi connectivity index (χ4v) is 1.11. The van der Waals surface area contributed by atoms with Gasteiger partial charge in [0.1, 0.15) is 0 Å². The minimum absolute atomic E-state index is 0.316. The fourth-order valence-electron chi connectivity index (χ4n) is 0.372. The molecule has 0 saturated heterocycles. The molecule has 1 nitrogen and oxygen atoms in total. The topological polar surface area (TPSA) is 26.0 Å². The Bertz CT molecular complexity index is 79.0. The Morgan fingerprint density at radius 2 is 2.33 bits per heavy atom. The number of nitrogens with two attached hydrogens (primary N) is 1. The summed E-state index contributed by atoms with van der Waals surface area (Å²) in [7, 11) is 0. The monoisotopic (exact) mass is 145 g/mol. The second-order valence-electron chi connectivity index (χ2n) is 2.09. The highest BCUT2D eigenvalue weighted by molar-refractivity contribution is 8.02. The molecule has 0 aliphatic heterocycles. The molecule has 1 atom stereocenters. The summed E-state index contributed by atoms with van der Waals surface area (Å²) in [5.74, 6) is 1.02. The van der Waals surface area contributed by atoms with Gasteiger partial charge in [0.15, 0.2) is 0 Å². The highest BCUT2D eigenvalue weighted by Crippen LogP contribution is 2.03. The van der Waals surface area contributed by atoms with E-state index in [4.69, 9.17) is 5.73 Å². The third kappa shape index (κ3) is 8.05. The molecule has 0 aliphatic carbocycles. The quantitative estimate of drug-likeness (QED) is 0.654. The van der Waals surface area contributed by atoms with Gasteiger partial charge in [-0.25, -0.2) is 0 Å². The van der Waals surface area contributed by atoms with Gasteiger partial charge >= 0.3 is 0 Å². The van der Waals surface area contributed by atoms with E-state index in [-0.39, 0.29) is 0 Å². The second kappa shape index (κ2) is 6.17. The zero-order valence-corrected chi connectivity index (χ0v) is 6.95. The van der Waals surface area contributed by atoms with Crippen LogP contribution in [0.5, 0.6) is 0 Å². The Balaban J connectivity index is 2.99. The summed E-state index contributed by atoms with van der Waals surface area (Å²) in [5.41, 5.74) is 5.52. The lowest BCUT2D eigenvalue weighted by Crippen LogP contribution is -2.16. The first kappa shape index (κ1) is 9.05. The van der Waals surface area contributed by atoms with Crippen LogP contribution in [-0.4, -0.2) is 11.8 Å².